The Balaban J connectivity index is 1.03. The minimum absolute atomic E-state index is 0.0858. The Morgan fingerprint density at radius 1 is 1.08 bits per heavy atom. The summed E-state index contributed by atoms with van der Waals surface area (Å²) in [5.74, 6) is -4.81. The number of halogens is 3. The monoisotopic (exact) mass is 729 g/mol. The maximum atomic E-state index is 14.7. The van der Waals surface area contributed by atoms with Crippen LogP contribution in [0.25, 0.3) is 0 Å². The number of hydrogen-bond donors (Lipinski definition) is 0. The number of nitrogens with zero attached hydrogens (tertiary/aromatic N) is 7. The third-order valence-electron chi connectivity index (χ3n) is 11.1. The smallest absolute Gasteiger partial charge is 0.417 e. The molecule has 1 aromatic carbocycles. The summed E-state index contributed by atoms with van der Waals surface area (Å²) >= 11 is 0. The maximum absolute atomic E-state index is 14.7. The van der Waals surface area contributed by atoms with E-state index in [4.69, 9.17) is 9.47 Å². The quantitative estimate of drug-likeness (QED) is 0.306. The van der Waals surface area contributed by atoms with Crippen molar-refractivity contribution in [3.8, 4) is 11.6 Å². The number of benzene rings is 1. The summed E-state index contributed by atoms with van der Waals surface area (Å²) in [6.45, 7) is 15.2. The molecule has 3 saturated heterocycles. The molecule has 4 aliphatic rings. The first-order valence-corrected chi connectivity index (χ1v) is 18.3. The molecule has 2 aromatic rings. The predicted molar refractivity (Wildman–Crippen MR) is 186 cm³/mol. The molecule has 0 radical (unpaired) electrons. The standard InChI is InChI=1S/C37H50F3N7O5/c1-7-46(24(2)3)31(48)27-18-26(38)8-9-28(27)51-30-29(41-23-42-43-30)45-21-35(22-45)14-16-44(17-15-35)19-25-10-12-36(13-11-25)20-37(39,40)32(49)47(36)33(50)52-34(4,5)6/h8-9,18,23-25H,7,10-17,19-22H2,1-6H3/t25-,36-. The lowest BCUT2D eigenvalue weighted by Crippen LogP contribution is -2.61. The highest BCUT2D eigenvalue weighted by atomic mass is 19.3. The van der Waals surface area contributed by atoms with E-state index in [-0.39, 0.29) is 40.5 Å². The Kier molecular flexibility index (Phi) is 10.2. The zero-order valence-electron chi connectivity index (χ0n) is 31.0. The molecule has 284 valence electrons. The Morgan fingerprint density at radius 3 is 2.37 bits per heavy atom. The molecule has 2 spiro atoms. The number of ether oxygens (including phenoxy) is 2. The van der Waals surface area contributed by atoms with E-state index < -0.39 is 41.3 Å². The van der Waals surface area contributed by atoms with Gasteiger partial charge in [-0.25, -0.2) is 19.1 Å². The van der Waals surface area contributed by atoms with Crippen molar-refractivity contribution in [3.05, 3.63) is 35.9 Å². The van der Waals surface area contributed by atoms with E-state index in [1.54, 1.807) is 25.7 Å². The van der Waals surface area contributed by atoms with Gasteiger partial charge < -0.3 is 24.2 Å². The summed E-state index contributed by atoms with van der Waals surface area (Å²) in [6.07, 6.45) is 3.64. The summed E-state index contributed by atoms with van der Waals surface area (Å²) in [5.41, 5.74) is -1.92. The number of aromatic nitrogens is 3. The zero-order valence-corrected chi connectivity index (χ0v) is 31.0. The van der Waals surface area contributed by atoms with Gasteiger partial charge in [-0.05, 0) is 117 Å². The van der Waals surface area contributed by atoms with E-state index >= 15 is 0 Å². The van der Waals surface area contributed by atoms with Gasteiger partial charge in [-0.3, -0.25) is 9.59 Å². The second-order valence-corrected chi connectivity index (χ2v) is 16.3. The molecular formula is C37H50F3N7O5. The van der Waals surface area contributed by atoms with Gasteiger partial charge >= 0.3 is 17.9 Å². The number of anilines is 1. The number of piperidine rings is 1. The molecule has 0 atom stereocenters. The van der Waals surface area contributed by atoms with Gasteiger partial charge in [-0.2, -0.15) is 8.78 Å². The first-order valence-electron chi connectivity index (χ1n) is 18.3. The van der Waals surface area contributed by atoms with Crippen LogP contribution < -0.4 is 9.64 Å². The van der Waals surface area contributed by atoms with E-state index in [1.807, 2.05) is 20.8 Å². The van der Waals surface area contributed by atoms with Crippen LogP contribution in [0.15, 0.2) is 24.5 Å². The summed E-state index contributed by atoms with van der Waals surface area (Å²) in [7, 11) is 0. The van der Waals surface area contributed by atoms with Gasteiger partial charge in [-0.15, -0.1) is 10.2 Å². The molecule has 4 fully saturated rings. The van der Waals surface area contributed by atoms with Crippen molar-refractivity contribution in [2.45, 2.75) is 110 Å². The molecule has 0 unspecified atom stereocenters. The fourth-order valence-electron chi connectivity index (χ4n) is 8.44. The Morgan fingerprint density at radius 2 is 1.75 bits per heavy atom. The number of hydrogen-bond acceptors (Lipinski definition) is 10. The SMILES string of the molecule is CCN(C(=O)c1cc(F)ccc1Oc1nncnc1N1CC2(CCN(C[C@H]3CC[C@]4(CC3)CC(F)(F)C(=O)N4C(=O)OC(C)(C)C)CC2)C1)C(C)C. The molecule has 12 nitrogen and oxygen atoms in total. The van der Waals surface area contributed by atoms with E-state index in [2.05, 4.69) is 25.0 Å². The average molecular weight is 730 g/mol. The van der Waals surface area contributed by atoms with Gasteiger partial charge in [0.1, 0.15) is 23.5 Å². The van der Waals surface area contributed by atoms with Crippen molar-refractivity contribution in [2.75, 3.05) is 44.2 Å². The van der Waals surface area contributed by atoms with Crippen LogP contribution in [0.4, 0.5) is 23.8 Å². The molecule has 4 heterocycles. The lowest BCUT2D eigenvalue weighted by molar-refractivity contribution is -0.148. The summed E-state index contributed by atoms with van der Waals surface area (Å²) in [4.78, 5) is 50.3. The third kappa shape index (κ3) is 7.56. The van der Waals surface area contributed by atoms with Crippen LogP contribution >= 0.6 is 0 Å². The van der Waals surface area contributed by atoms with Gasteiger partial charge in [0.2, 0.25) is 0 Å². The van der Waals surface area contributed by atoms with Crippen molar-refractivity contribution in [1.29, 1.82) is 0 Å². The minimum Gasteiger partial charge on any atom is -0.443 e. The molecule has 52 heavy (non-hydrogen) atoms. The van der Waals surface area contributed by atoms with Gasteiger partial charge in [0.05, 0.1) is 11.1 Å². The van der Waals surface area contributed by atoms with Crippen LogP contribution in [0.2, 0.25) is 0 Å². The number of carbonyl (C=O) groups excluding carboxylic acids is 3. The molecule has 1 aromatic heterocycles. The number of alkyl halides is 2. The summed E-state index contributed by atoms with van der Waals surface area (Å²) in [5, 5.41) is 8.10. The largest absolute Gasteiger partial charge is 0.443 e. The van der Waals surface area contributed by atoms with Gasteiger partial charge in [0.15, 0.2) is 5.82 Å². The number of likely N-dealkylation sites (tertiary alicyclic amines) is 2. The molecule has 0 N–H and O–H groups in total. The van der Waals surface area contributed by atoms with E-state index in [1.165, 1.54) is 24.5 Å². The van der Waals surface area contributed by atoms with Crippen LogP contribution in [0.5, 0.6) is 11.6 Å². The van der Waals surface area contributed by atoms with Crippen LogP contribution in [-0.4, -0.2) is 110 Å². The van der Waals surface area contributed by atoms with Crippen molar-refractivity contribution in [1.82, 2.24) is 29.9 Å². The molecule has 15 heteroatoms. The van der Waals surface area contributed by atoms with Crippen LogP contribution in [0, 0.1) is 17.2 Å². The Labute approximate surface area is 303 Å². The highest BCUT2D eigenvalue weighted by Crippen LogP contribution is 2.51. The van der Waals surface area contributed by atoms with Crippen LogP contribution in [0.1, 0.15) is 96.8 Å². The topological polar surface area (TPSA) is 121 Å². The maximum Gasteiger partial charge on any atom is 0.417 e. The highest BCUT2D eigenvalue weighted by Gasteiger charge is 2.64. The number of amides is 3. The summed E-state index contributed by atoms with van der Waals surface area (Å²) in [6, 6.07) is 3.76. The van der Waals surface area contributed by atoms with E-state index in [0.29, 0.717) is 38.0 Å². The fourth-order valence-corrected chi connectivity index (χ4v) is 8.44. The molecule has 3 aliphatic heterocycles. The lowest BCUT2D eigenvalue weighted by Gasteiger charge is -2.54. The summed E-state index contributed by atoms with van der Waals surface area (Å²) < 4.78 is 55.2. The van der Waals surface area contributed by atoms with Crippen molar-refractivity contribution < 1.29 is 37.0 Å². The van der Waals surface area contributed by atoms with E-state index in [0.717, 1.165) is 50.5 Å². The van der Waals surface area contributed by atoms with Crippen molar-refractivity contribution in [2.24, 2.45) is 11.3 Å². The number of rotatable bonds is 8. The lowest BCUT2D eigenvalue weighted by atomic mass is 9.71. The van der Waals surface area contributed by atoms with E-state index in [9.17, 15) is 27.6 Å². The molecule has 1 saturated carbocycles. The van der Waals surface area contributed by atoms with Gasteiger partial charge in [0, 0.05) is 44.1 Å². The second-order valence-electron chi connectivity index (χ2n) is 16.3. The molecule has 3 amide bonds. The Hall–Kier alpha value is -4.01. The highest BCUT2D eigenvalue weighted by molar-refractivity contribution is 5.99. The van der Waals surface area contributed by atoms with Gasteiger partial charge in [0.25, 0.3) is 11.8 Å². The average Bonchev–Trinajstić information content (AvgIpc) is 3.25. The first kappa shape index (κ1) is 37.7. The number of imide groups is 1. The Bertz CT molecular complexity index is 1660. The van der Waals surface area contributed by atoms with Crippen molar-refractivity contribution in [3.63, 3.8) is 0 Å². The normalized spacial score (nSPS) is 24.3. The number of carbonyl (C=O) groups is 3. The molecule has 1 aliphatic carbocycles. The second kappa shape index (κ2) is 14.1. The third-order valence-corrected chi connectivity index (χ3v) is 11.1. The fraction of sp³-hybridized carbons (Fsp3) is 0.676. The van der Waals surface area contributed by atoms with Crippen LogP contribution in [-0.2, 0) is 9.53 Å². The molecule has 6 rings (SSSR count). The zero-order chi connectivity index (χ0) is 37.6. The van der Waals surface area contributed by atoms with Crippen LogP contribution in [0.3, 0.4) is 0 Å². The predicted octanol–water partition coefficient (Wildman–Crippen LogP) is 6.31. The van der Waals surface area contributed by atoms with Gasteiger partial charge in [-0.1, -0.05) is 0 Å². The molecule has 0 bridgehead atoms. The minimum atomic E-state index is -3.58. The first-order chi connectivity index (χ1) is 24.4. The molecular weight excluding hydrogens is 679 g/mol. The van der Waals surface area contributed by atoms with Crippen molar-refractivity contribution >= 4 is 23.7 Å².